The first-order valence-electron chi connectivity index (χ1n) is 12.3. The van der Waals surface area contributed by atoms with Crippen LogP contribution in [0.2, 0.25) is 0 Å². The van der Waals surface area contributed by atoms with E-state index in [1.807, 2.05) is 35.2 Å². The Bertz CT molecular complexity index is 1170. The van der Waals surface area contributed by atoms with Crippen molar-refractivity contribution in [2.24, 2.45) is 11.8 Å². The van der Waals surface area contributed by atoms with Gasteiger partial charge in [-0.25, -0.2) is 4.79 Å². The van der Waals surface area contributed by atoms with Crippen LogP contribution in [0, 0.1) is 11.8 Å². The average molecular weight is 483 g/mol. The van der Waals surface area contributed by atoms with Gasteiger partial charge in [0, 0.05) is 19.6 Å². The van der Waals surface area contributed by atoms with Crippen LogP contribution in [0.25, 0.3) is 0 Å². The van der Waals surface area contributed by atoms with Gasteiger partial charge in [0.15, 0.2) is 5.69 Å². The number of H-pyrrole nitrogens is 1. The number of hydrogen-bond acceptors (Lipinski definition) is 6. The van der Waals surface area contributed by atoms with Gasteiger partial charge < -0.3 is 16.0 Å². The van der Waals surface area contributed by atoms with Crippen LogP contribution < -0.4 is 27.2 Å². The molecule has 1 aromatic carbocycles. The number of benzene rings is 1. The minimum atomic E-state index is -0.692. The highest BCUT2D eigenvalue weighted by molar-refractivity contribution is 5.96. The monoisotopic (exact) mass is 482 g/mol. The molecule has 1 saturated carbocycles. The molecule has 35 heavy (non-hydrogen) atoms. The lowest BCUT2D eigenvalue weighted by molar-refractivity contribution is -0.128. The first-order valence-corrected chi connectivity index (χ1v) is 12.3. The van der Waals surface area contributed by atoms with Gasteiger partial charge in [-0.2, -0.15) is 0 Å². The van der Waals surface area contributed by atoms with Gasteiger partial charge in [0.25, 0.3) is 5.56 Å². The Morgan fingerprint density at radius 3 is 2.60 bits per heavy atom. The van der Waals surface area contributed by atoms with Crippen LogP contribution in [0.1, 0.15) is 38.2 Å². The first-order chi connectivity index (χ1) is 16.9. The Morgan fingerprint density at radius 1 is 1.17 bits per heavy atom. The largest absolute Gasteiger partial charge is 0.383 e. The Labute approximate surface area is 204 Å². The molecule has 2 aromatic rings. The number of nitrogen functional groups attached to an aromatic ring is 1. The fourth-order valence-corrected chi connectivity index (χ4v) is 4.62. The van der Waals surface area contributed by atoms with Crippen molar-refractivity contribution in [3.63, 3.8) is 0 Å². The number of rotatable bonds is 9. The van der Waals surface area contributed by atoms with Crippen LogP contribution in [-0.2, 0) is 16.1 Å². The summed E-state index contributed by atoms with van der Waals surface area (Å²) in [4.78, 5) is 56.7. The molecule has 2 heterocycles. The number of piperidine rings is 1. The minimum absolute atomic E-state index is 0.0243. The second-order valence-corrected chi connectivity index (χ2v) is 9.47. The number of anilines is 2. The molecular weight excluding hydrogens is 448 g/mol. The summed E-state index contributed by atoms with van der Waals surface area (Å²) in [6.45, 7) is 4.15. The highest BCUT2D eigenvalue weighted by atomic mass is 16.2. The fraction of sp³-hybridized carbons (Fsp3) is 0.520. The lowest BCUT2D eigenvalue weighted by Gasteiger charge is -2.33. The highest BCUT2D eigenvalue weighted by Gasteiger charge is 2.30. The molecular formula is C25H34N6O4. The van der Waals surface area contributed by atoms with E-state index in [-0.39, 0.29) is 48.9 Å². The van der Waals surface area contributed by atoms with Gasteiger partial charge in [-0.05, 0) is 50.6 Å². The third-order valence-electron chi connectivity index (χ3n) is 6.78. The summed E-state index contributed by atoms with van der Waals surface area (Å²) in [6, 6.07) is 9.28. The molecule has 1 aromatic heterocycles. The van der Waals surface area contributed by atoms with Gasteiger partial charge in [0.2, 0.25) is 11.8 Å². The quantitative estimate of drug-likeness (QED) is 0.483. The van der Waals surface area contributed by atoms with E-state index >= 15 is 0 Å². The molecule has 0 bridgehead atoms. The van der Waals surface area contributed by atoms with Gasteiger partial charge >= 0.3 is 5.69 Å². The second kappa shape index (κ2) is 10.9. The molecule has 188 valence electrons. The van der Waals surface area contributed by atoms with E-state index in [1.165, 1.54) is 22.3 Å². The van der Waals surface area contributed by atoms with Crippen molar-refractivity contribution in [2.75, 3.05) is 43.4 Å². The van der Waals surface area contributed by atoms with Crippen molar-refractivity contribution < 1.29 is 9.59 Å². The zero-order valence-electron chi connectivity index (χ0n) is 20.2. The van der Waals surface area contributed by atoms with Crippen LogP contribution in [0.3, 0.4) is 0 Å². The molecule has 0 spiro atoms. The minimum Gasteiger partial charge on any atom is -0.383 e. The van der Waals surface area contributed by atoms with Crippen molar-refractivity contribution >= 4 is 23.3 Å². The van der Waals surface area contributed by atoms with E-state index in [9.17, 15) is 19.2 Å². The summed E-state index contributed by atoms with van der Waals surface area (Å²) in [6.07, 6.45) is 3.99. The summed E-state index contributed by atoms with van der Waals surface area (Å²) >= 11 is 0. The maximum absolute atomic E-state index is 13.3. The second-order valence-electron chi connectivity index (χ2n) is 9.47. The maximum atomic E-state index is 13.3. The van der Waals surface area contributed by atoms with E-state index in [1.54, 1.807) is 6.92 Å². The van der Waals surface area contributed by atoms with Crippen LogP contribution in [0.5, 0.6) is 0 Å². The zero-order valence-corrected chi connectivity index (χ0v) is 20.2. The van der Waals surface area contributed by atoms with Crippen molar-refractivity contribution in [1.82, 2.24) is 19.8 Å². The van der Waals surface area contributed by atoms with Crippen LogP contribution in [0.4, 0.5) is 11.5 Å². The zero-order chi connectivity index (χ0) is 24.9. The Kier molecular flexibility index (Phi) is 7.70. The lowest BCUT2D eigenvalue weighted by Crippen LogP contribution is -2.49. The number of carbonyl (C=O) groups is 2. The van der Waals surface area contributed by atoms with Gasteiger partial charge in [-0.3, -0.25) is 28.8 Å². The maximum Gasteiger partial charge on any atom is 0.330 e. The number of likely N-dealkylation sites (N-methyl/N-ethyl adjacent to an activating group) is 1. The lowest BCUT2D eigenvalue weighted by atomic mass is 9.97. The molecule has 1 saturated heterocycles. The number of nitrogens with one attached hydrogen (secondary N) is 2. The number of aromatic nitrogens is 2. The van der Waals surface area contributed by atoms with Crippen LogP contribution in [0.15, 0.2) is 39.9 Å². The summed E-state index contributed by atoms with van der Waals surface area (Å²) in [5.41, 5.74) is 5.79. The van der Waals surface area contributed by atoms with Crippen LogP contribution in [-0.4, -0.2) is 59.0 Å². The number of nitrogens with two attached hydrogens (primary N) is 1. The molecule has 1 unspecified atom stereocenters. The summed E-state index contributed by atoms with van der Waals surface area (Å²) in [5.74, 6) is 0.177. The molecule has 2 fully saturated rings. The molecule has 10 heteroatoms. The number of likely N-dealkylation sites (tertiary alicyclic amines) is 1. The highest BCUT2D eigenvalue weighted by Crippen LogP contribution is 2.28. The predicted octanol–water partition coefficient (Wildman–Crippen LogP) is 0.758. The van der Waals surface area contributed by atoms with Gasteiger partial charge in [0.05, 0.1) is 19.0 Å². The molecule has 2 aliphatic rings. The standard InChI is InChI=1S/C25H34N6O4/c1-2-30(20(32)16-29-12-6-9-19(15-29)23(33)27-13-17-10-11-17)21-22(26)31(25(35)28-24(21)34)14-18-7-4-3-5-8-18/h3-5,7-8,17,19H,2,6,9-16,26H2,1H3,(H,27,33)(H,28,34,35). The van der Waals surface area contributed by atoms with E-state index in [2.05, 4.69) is 10.3 Å². The third-order valence-corrected chi connectivity index (χ3v) is 6.78. The molecule has 1 aliphatic carbocycles. The molecule has 4 N–H and O–H groups in total. The Balaban J connectivity index is 1.48. The molecule has 10 nitrogen and oxygen atoms in total. The van der Waals surface area contributed by atoms with E-state index in [0.29, 0.717) is 19.0 Å². The van der Waals surface area contributed by atoms with E-state index < -0.39 is 11.2 Å². The normalized spacial score (nSPS) is 18.3. The van der Waals surface area contributed by atoms with Gasteiger partial charge in [-0.1, -0.05) is 30.3 Å². The van der Waals surface area contributed by atoms with E-state index in [0.717, 1.165) is 24.9 Å². The molecule has 1 atom stereocenters. The third kappa shape index (κ3) is 6.00. The SMILES string of the molecule is CCN(C(=O)CN1CCCC(C(=O)NCC2CC2)C1)c1c(N)n(Cc2ccccc2)c(=O)[nH]c1=O. The number of carbonyl (C=O) groups excluding carboxylic acids is 2. The molecule has 0 radical (unpaired) electrons. The Hall–Kier alpha value is -3.40. The summed E-state index contributed by atoms with van der Waals surface area (Å²) < 4.78 is 1.27. The number of aromatic amines is 1. The van der Waals surface area contributed by atoms with Crippen molar-refractivity contribution in [1.29, 1.82) is 0 Å². The summed E-state index contributed by atoms with van der Waals surface area (Å²) in [5, 5.41) is 3.04. The van der Waals surface area contributed by atoms with Gasteiger partial charge in [-0.15, -0.1) is 0 Å². The number of nitrogens with zero attached hydrogens (tertiary/aromatic N) is 3. The van der Waals surface area contributed by atoms with Crippen molar-refractivity contribution in [3.05, 3.63) is 56.7 Å². The number of hydrogen-bond donors (Lipinski definition) is 3. The topological polar surface area (TPSA) is 134 Å². The smallest absolute Gasteiger partial charge is 0.330 e. The van der Waals surface area contributed by atoms with E-state index in [4.69, 9.17) is 5.73 Å². The Morgan fingerprint density at radius 2 is 1.91 bits per heavy atom. The molecule has 1 aliphatic heterocycles. The average Bonchev–Trinajstić information content (AvgIpc) is 3.68. The molecule has 4 rings (SSSR count). The van der Waals surface area contributed by atoms with Crippen LogP contribution >= 0.6 is 0 Å². The van der Waals surface area contributed by atoms with Crippen molar-refractivity contribution in [2.45, 2.75) is 39.2 Å². The van der Waals surface area contributed by atoms with Crippen molar-refractivity contribution in [3.8, 4) is 0 Å². The van der Waals surface area contributed by atoms with Gasteiger partial charge in [0.1, 0.15) is 5.82 Å². The first kappa shape index (κ1) is 24.7. The predicted molar refractivity (Wildman–Crippen MR) is 134 cm³/mol. The fourth-order valence-electron chi connectivity index (χ4n) is 4.62. The number of amides is 2. The molecule has 2 amide bonds. The summed E-state index contributed by atoms with van der Waals surface area (Å²) in [7, 11) is 0.